The Morgan fingerprint density at radius 2 is 1.48 bits per heavy atom. The van der Waals surface area contributed by atoms with Crippen LogP contribution in [0.4, 0.5) is 0 Å². The number of pyridine rings is 1. The molecule has 2 heterocycles. The summed E-state index contributed by atoms with van der Waals surface area (Å²) in [6, 6.07) is 16.0. The Kier molecular flexibility index (Phi) is 3.67. The highest BCUT2D eigenvalue weighted by Crippen LogP contribution is 2.25. The average molecular weight is 296 g/mol. The van der Waals surface area contributed by atoms with E-state index in [-0.39, 0.29) is 0 Å². The first-order chi connectivity index (χ1) is 10.1. The van der Waals surface area contributed by atoms with Gasteiger partial charge in [-0.3, -0.25) is 4.98 Å². The summed E-state index contributed by atoms with van der Waals surface area (Å²) in [6.07, 6.45) is 0. The SMILES string of the molecule is Cc1ccc(-c2ccc(-c3ccc(Cl)nn3)cc2)c(C)n1. The Morgan fingerprint density at radius 1 is 0.762 bits per heavy atom. The lowest BCUT2D eigenvalue weighted by Crippen LogP contribution is -1.91. The molecule has 0 aliphatic carbocycles. The molecule has 2 aromatic heterocycles. The van der Waals surface area contributed by atoms with Crippen LogP contribution in [0.1, 0.15) is 11.4 Å². The molecule has 0 saturated carbocycles. The smallest absolute Gasteiger partial charge is 0.151 e. The van der Waals surface area contributed by atoms with Crippen molar-refractivity contribution >= 4 is 11.6 Å². The minimum absolute atomic E-state index is 0.400. The zero-order valence-electron chi connectivity index (χ0n) is 11.8. The molecule has 0 radical (unpaired) electrons. The molecule has 0 unspecified atom stereocenters. The first-order valence-corrected chi connectivity index (χ1v) is 7.05. The molecule has 0 amide bonds. The maximum absolute atomic E-state index is 5.75. The Bertz CT molecular complexity index is 765. The third-order valence-electron chi connectivity index (χ3n) is 3.35. The standard InChI is InChI=1S/C17H14ClN3/c1-11-3-8-15(12(2)19-11)13-4-6-14(7-5-13)16-9-10-17(18)21-20-16/h3-10H,1-2H3. The van der Waals surface area contributed by atoms with Crippen LogP contribution >= 0.6 is 11.6 Å². The Labute approximate surface area is 128 Å². The minimum atomic E-state index is 0.400. The number of benzene rings is 1. The van der Waals surface area contributed by atoms with Gasteiger partial charge in [0.25, 0.3) is 0 Å². The fourth-order valence-electron chi connectivity index (χ4n) is 2.28. The normalized spacial score (nSPS) is 10.6. The zero-order chi connectivity index (χ0) is 14.8. The summed E-state index contributed by atoms with van der Waals surface area (Å²) in [5.41, 5.74) is 6.18. The second-order valence-corrected chi connectivity index (χ2v) is 5.29. The van der Waals surface area contributed by atoms with E-state index in [4.69, 9.17) is 11.6 Å². The van der Waals surface area contributed by atoms with Gasteiger partial charge in [-0.15, -0.1) is 10.2 Å². The van der Waals surface area contributed by atoms with Crippen molar-refractivity contribution in [1.82, 2.24) is 15.2 Å². The van der Waals surface area contributed by atoms with Crippen LogP contribution in [0.25, 0.3) is 22.4 Å². The topological polar surface area (TPSA) is 38.7 Å². The molecule has 1 aromatic carbocycles. The van der Waals surface area contributed by atoms with Crippen molar-refractivity contribution in [3.63, 3.8) is 0 Å². The van der Waals surface area contributed by atoms with Gasteiger partial charge < -0.3 is 0 Å². The summed E-state index contributed by atoms with van der Waals surface area (Å²) in [5, 5.41) is 8.35. The van der Waals surface area contributed by atoms with Crippen LogP contribution in [0.3, 0.4) is 0 Å². The number of rotatable bonds is 2. The number of aromatic nitrogens is 3. The number of halogens is 1. The number of aryl methyl sites for hydroxylation is 2. The van der Waals surface area contributed by atoms with Gasteiger partial charge >= 0.3 is 0 Å². The lowest BCUT2D eigenvalue weighted by atomic mass is 10.0. The third-order valence-corrected chi connectivity index (χ3v) is 3.55. The molecule has 0 bridgehead atoms. The summed E-state index contributed by atoms with van der Waals surface area (Å²) in [7, 11) is 0. The van der Waals surface area contributed by atoms with Crippen LogP contribution < -0.4 is 0 Å². The first-order valence-electron chi connectivity index (χ1n) is 6.68. The minimum Gasteiger partial charge on any atom is -0.258 e. The maximum atomic E-state index is 5.75. The molecular weight excluding hydrogens is 282 g/mol. The first kappa shape index (κ1) is 13.7. The van der Waals surface area contributed by atoms with E-state index >= 15 is 0 Å². The van der Waals surface area contributed by atoms with Crippen LogP contribution in [-0.4, -0.2) is 15.2 Å². The largest absolute Gasteiger partial charge is 0.258 e. The lowest BCUT2D eigenvalue weighted by Gasteiger charge is -2.07. The molecule has 3 rings (SSSR count). The predicted octanol–water partition coefficient (Wildman–Crippen LogP) is 4.48. The van der Waals surface area contributed by atoms with Crippen LogP contribution in [0.5, 0.6) is 0 Å². The molecule has 21 heavy (non-hydrogen) atoms. The highest BCUT2D eigenvalue weighted by atomic mass is 35.5. The van der Waals surface area contributed by atoms with Gasteiger partial charge in [0, 0.05) is 22.5 Å². The number of hydrogen-bond acceptors (Lipinski definition) is 3. The Morgan fingerprint density at radius 3 is 2.10 bits per heavy atom. The Hall–Kier alpha value is -2.26. The molecule has 0 saturated heterocycles. The molecule has 0 N–H and O–H groups in total. The average Bonchev–Trinajstić information content (AvgIpc) is 2.48. The van der Waals surface area contributed by atoms with Gasteiger partial charge in [-0.25, -0.2) is 0 Å². The monoisotopic (exact) mass is 295 g/mol. The third kappa shape index (κ3) is 2.93. The highest BCUT2D eigenvalue weighted by molar-refractivity contribution is 6.29. The summed E-state index contributed by atoms with van der Waals surface area (Å²) >= 11 is 5.75. The second kappa shape index (κ2) is 5.62. The molecule has 4 heteroatoms. The highest BCUT2D eigenvalue weighted by Gasteiger charge is 2.05. The van der Waals surface area contributed by atoms with Crippen molar-refractivity contribution in [1.29, 1.82) is 0 Å². The van der Waals surface area contributed by atoms with Crippen LogP contribution in [0, 0.1) is 13.8 Å². The van der Waals surface area contributed by atoms with E-state index < -0.39 is 0 Å². The number of nitrogens with zero attached hydrogens (tertiary/aromatic N) is 3. The molecule has 0 fully saturated rings. The van der Waals surface area contributed by atoms with E-state index in [2.05, 4.69) is 33.4 Å². The molecule has 0 atom stereocenters. The van der Waals surface area contributed by atoms with E-state index in [0.717, 1.165) is 33.8 Å². The van der Waals surface area contributed by atoms with Gasteiger partial charge in [-0.05, 0) is 37.6 Å². The Balaban J connectivity index is 1.95. The molecule has 0 aliphatic rings. The lowest BCUT2D eigenvalue weighted by molar-refractivity contribution is 1.04. The van der Waals surface area contributed by atoms with E-state index in [1.807, 2.05) is 38.1 Å². The van der Waals surface area contributed by atoms with Crippen molar-refractivity contribution < 1.29 is 0 Å². The van der Waals surface area contributed by atoms with Gasteiger partial charge in [-0.2, -0.15) is 0 Å². The van der Waals surface area contributed by atoms with E-state index in [0.29, 0.717) is 5.15 Å². The van der Waals surface area contributed by atoms with Crippen molar-refractivity contribution in [2.45, 2.75) is 13.8 Å². The number of hydrogen-bond donors (Lipinski definition) is 0. The summed E-state index contributed by atoms with van der Waals surface area (Å²) in [6.45, 7) is 4.03. The van der Waals surface area contributed by atoms with Gasteiger partial charge in [-0.1, -0.05) is 41.9 Å². The summed E-state index contributed by atoms with van der Waals surface area (Å²) < 4.78 is 0. The maximum Gasteiger partial charge on any atom is 0.151 e. The second-order valence-electron chi connectivity index (χ2n) is 4.90. The van der Waals surface area contributed by atoms with Gasteiger partial charge in [0.2, 0.25) is 0 Å². The summed E-state index contributed by atoms with van der Waals surface area (Å²) in [5.74, 6) is 0. The predicted molar refractivity (Wildman–Crippen MR) is 85.2 cm³/mol. The van der Waals surface area contributed by atoms with Gasteiger partial charge in [0.15, 0.2) is 5.15 Å². The molecular formula is C17H14ClN3. The van der Waals surface area contributed by atoms with E-state index in [1.165, 1.54) is 0 Å². The fraction of sp³-hybridized carbons (Fsp3) is 0.118. The van der Waals surface area contributed by atoms with Crippen LogP contribution in [0.15, 0.2) is 48.5 Å². The van der Waals surface area contributed by atoms with E-state index in [9.17, 15) is 0 Å². The molecule has 104 valence electrons. The zero-order valence-corrected chi connectivity index (χ0v) is 12.6. The fourth-order valence-corrected chi connectivity index (χ4v) is 2.38. The molecule has 0 aliphatic heterocycles. The van der Waals surface area contributed by atoms with Crippen molar-refractivity contribution in [2.75, 3.05) is 0 Å². The van der Waals surface area contributed by atoms with Gasteiger partial charge in [0.1, 0.15) is 0 Å². The van der Waals surface area contributed by atoms with Gasteiger partial charge in [0.05, 0.1) is 5.69 Å². The molecule has 0 spiro atoms. The molecule has 3 aromatic rings. The van der Waals surface area contributed by atoms with Crippen molar-refractivity contribution in [3.8, 4) is 22.4 Å². The van der Waals surface area contributed by atoms with Crippen LogP contribution in [-0.2, 0) is 0 Å². The molecule has 3 nitrogen and oxygen atoms in total. The van der Waals surface area contributed by atoms with Crippen molar-refractivity contribution in [3.05, 3.63) is 65.1 Å². The summed E-state index contributed by atoms with van der Waals surface area (Å²) in [4.78, 5) is 4.50. The van der Waals surface area contributed by atoms with Crippen molar-refractivity contribution in [2.24, 2.45) is 0 Å². The van der Waals surface area contributed by atoms with Crippen LogP contribution in [0.2, 0.25) is 5.15 Å². The van der Waals surface area contributed by atoms with E-state index in [1.54, 1.807) is 6.07 Å². The quantitative estimate of drug-likeness (QED) is 0.700.